The van der Waals surface area contributed by atoms with Crippen LogP contribution in [0.2, 0.25) is 0 Å². The van der Waals surface area contributed by atoms with Crippen molar-refractivity contribution in [2.24, 2.45) is 0 Å². The van der Waals surface area contributed by atoms with Crippen LogP contribution < -0.4 is 4.99 Å². The molecule has 1 N–H and O–H groups in total. The van der Waals surface area contributed by atoms with Gasteiger partial charge in [0.25, 0.3) is 11.4 Å². The second kappa shape index (κ2) is 10.3. The predicted molar refractivity (Wildman–Crippen MR) is 112 cm³/mol. The van der Waals surface area contributed by atoms with Gasteiger partial charge in [-0.05, 0) is 18.9 Å². The fourth-order valence-electron chi connectivity index (χ4n) is 3.93. The van der Waals surface area contributed by atoms with E-state index in [1.807, 2.05) is 0 Å². The maximum Gasteiger partial charge on any atom is 0.275 e. The number of allylic oxidation sites excluding steroid dienone is 3. The van der Waals surface area contributed by atoms with Crippen LogP contribution in [0, 0.1) is 10.1 Å². The average Bonchev–Trinajstić information content (AvgIpc) is 2.73. The van der Waals surface area contributed by atoms with E-state index in [1.165, 1.54) is 56.8 Å². The molecule has 0 amide bonds. The number of rotatable bonds is 11. The molecular weight excluding hydrogens is 384 g/mol. The lowest BCUT2D eigenvalue weighted by atomic mass is 9.92. The number of hydrogen-bond donors (Lipinski definition) is 1. The van der Waals surface area contributed by atoms with Crippen LogP contribution in [0.25, 0.3) is 0 Å². The summed E-state index contributed by atoms with van der Waals surface area (Å²) in [5.41, 5.74) is 1.25. The molecule has 1 unspecified atom stereocenters. The Labute approximate surface area is 176 Å². The number of nitrogens with one attached hydrogen (secondary N) is 1. The second-order valence-electron chi connectivity index (χ2n) is 7.94. The molecule has 30 heavy (non-hydrogen) atoms. The molecule has 0 bridgehead atoms. The molecule has 160 valence electrons. The van der Waals surface area contributed by atoms with Gasteiger partial charge in [-0.2, -0.15) is 0 Å². The zero-order valence-corrected chi connectivity index (χ0v) is 17.4. The first-order valence-corrected chi connectivity index (χ1v) is 10.9. The highest BCUT2D eigenvalue weighted by Gasteiger charge is 2.40. The van der Waals surface area contributed by atoms with Crippen molar-refractivity contribution in [2.45, 2.75) is 77.2 Å². The summed E-state index contributed by atoms with van der Waals surface area (Å²) in [7, 11) is 0. The van der Waals surface area contributed by atoms with Gasteiger partial charge in [0.2, 0.25) is 23.4 Å². The third-order valence-corrected chi connectivity index (χ3v) is 5.61. The van der Waals surface area contributed by atoms with Gasteiger partial charge in [-0.15, -0.1) is 0 Å². The van der Waals surface area contributed by atoms with Crippen molar-refractivity contribution in [2.75, 3.05) is 0 Å². The quantitative estimate of drug-likeness (QED) is 0.185. The summed E-state index contributed by atoms with van der Waals surface area (Å²) in [4.78, 5) is 38.2. The highest BCUT2D eigenvalue weighted by atomic mass is 16.6. The number of Topliss-reactive ketones (excluding diaryl/α,β-unsaturated/α-hetero) is 1. The first-order valence-electron chi connectivity index (χ1n) is 10.9. The highest BCUT2D eigenvalue weighted by molar-refractivity contribution is 6.48. The number of unbranched alkanes of at least 4 members (excludes halogenated alkanes) is 8. The van der Waals surface area contributed by atoms with E-state index in [9.17, 15) is 19.7 Å². The predicted octanol–water partition coefficient (Wildman–Crippen LogP) is 2.85. The average molecular weight is 413 g/mol. The van der Waals surface area contributed by atoms with Crippen LogP contribution in [-0.2, 0) is 14.3 Å². The number of nitro groups is 1. The van der Waals surface area contributed by atoms with Crippen LogP contribution >= 0.6 is 0 Å². The Morgan fingerprint density at radius 1 is 1.03 bits per heavy atom. The molecule has 7 nitrogen and oxygen atoms in total. The molecule has 0 aromatic rings. The minimum atomic E-state index is -0.584. The largest absolute Gasteiger partial charge is 0.468 e. The molecule has 0 radical (unpaired) electrons. The lowest BCUT2D eigenvalue weighted by Gasteiger charge is -2.24. The van der Waals surface area contributed by atoms with Gasteiger partial charge in [-0.25, -0.2) is 4.99 Å². The van der Waals surface area contributed by atoms with Gasteiger partial charge in [-0.1, -0.05) is 58.3 Å². The van der Waals surface area contributed by atoms with Crippen LogP contribution in [0.1, 0.15) is 71.1 Å². The molecule has 3 rings (SSSR count). The molecule has 1 aliphatic heterocycles. The molecule has 0 saturated heterocycles. The summed E-state index contributed by atoms with van der Waals surface area (Å²) in [6.07, 6.45) is 16.1. The Kier molecular flexibility index (Phi) is 7.49. The molecule has 0 aromatic heterocycles. The second-order valence-corrected chi connectivity index (χ2v) is 7.94. The summed E-state index contributed by atoms with van der Waals surface area (Å²) in [6, 6.07) is 0. The van der Waals surface area contributed by atoms with E-state index < -0.39 is 22.6 Å². The number of carbonyl (C=O) groups excluding carboxylic acids is 2. The molecule has 2 aliphatic carbocycles. The SMILES string of the molecule is CCCCCCCCCCCC1=C2OC3C=CC([N+](=O)[O-])=CC3=[NH+]C2=CC(=O)C1=O. The number of nitrogens with zero attached hydrogens (tertiary/aromatic N) is 1. The maximum atomic E-state index is 12.5. The number of ketones is 2. The lowest BCUT2D eigenvalue weighted by Crippen LogP contribution is -2.76. The van der Waals surface area contributed by atoms with Gasteiger partial charge < -0.3 is 4.74 Å². The molecular formula is C23H29N2O5+. The standard InChI is InChI=1S/C23H28N2O5/c1-2-3-4-5-6-7-8-9-10-11-17-22(27)20(26)15-19-23(17)30-21-13-12-16(25(28)29)14-18(21)24-19/h12-15,21H,2-11H2,1H3/p+1. The molecule has 1 heterocycles. The van der Waals surface area contributed by atoms with Crippen LogP contribution in [0.15, 0.2) is 47.0 Å². The third-order valence-electron chi connectivity index (χ3n) is 5.61. The van der Waals surface area contributed by atoms with Crippen molar-refractivity contribution in [1.82, 2.24) is 0 Å². The molecule has 7 heteroatoms. The summed E-state index contributed by atoms with van der Waals surface area (Å²) in [5.74, 6) is -0.699. The topological polar surface area (TPSA) is 100 Å². The van der Waals surface area contributed by atoms with Crippen molar-refractivity contribution in [3.8, 4) is 0 Å². The molecule has 0 aromatic carbocycles. The van der Waals surface area contributed by atoms with Crippen molar-refractivity contribution in [3.05, 3.63) is 57.1 Å². The van der Waals surface area contributed by atoms with Gasteiger partial charge in [0.1, 0.15) is 0 Å². The first-order chi connectivity index (χ1) is 14.5. The maximum absolute atomic E-state index is 12.5. The summed E-state index contributed by atoms with van der Waals surface area (Å²) in [5, 5.41) is 11.0. The van der Waals surface area contributed by atoms with E-state index in [0.29, 0.717) is 29.2 Å². The van der Waals surface area contributed by atoms with Crippen LogP contribution in [-0.4, -0.2) is 28.3 Å². The summed E-state index contributed by atoms with van der Waals surface area (Å²) >= 11 is 0. The number of carbonyl (C=O) groups is 2. The molecule has 0 fully saturated rings. The number of fused-ring (bicyclic) bond motifs is 2. The highest BCUT2D eigenvalue weighted by Crippen LogP contribution is 2.28. The van der Waals surface area contributed by atoms with Crippen LogP contribution in [0.3, 0.4) is 0 Å². The van der Waals surface area contributed by atoms with Gasteiger partial charge >= 0.3 is 0 Å². The van der Waals surface area contributed by atoms with E-state index in [-0.39, 0.29) is 5.70 Å². The zero-order chi connectivity index (χ0) is 21.5. The summed E-state index contributed by atoms with van der Waals surface area (Å²) in [6.45, 7) is 2.21. The molecule has 3 aliphatic rings. The van der Waals surface area contributed by atoms with Gasteiger partial charge in [0, 0.05) is 6.08 Å². The Hall–Kier alpha value is -2.83. The number of hydrogen-bond acceptors (Lipinski definition) is 5. The van der Waals surface area contributed by atoms with Crippen LogP contribution in [0.4, 0.5) is 0 Å². The van der Waals surface area contributed by atoms with Crippen molar-refractivity contribution in [1.29, 1.82) is 0 Å². The smallest absolute Gasteiger partial charge is 0.275 e. The monoisotopic (exact) mass is 413 g/mol. The van der Waals surface area contributed by atoms with E-state index in [0.717, 1.165) is 19.3 Å². The number of ether oxygens (including phenoxy) is 1. The Bertz CT molecular complexity index is 876. The minimum Gasteiger partial charge on any atom is -0.468 e. The normalized spacial score (nSPS) is 20.2. The van der Waals surface area contributed by atoms with E-state index in [2.05, 4.69) is 11.9 Å². The molecule has 0 saturated carbocycles. The van der Waals surface area contributed by atoms with Crippen molar-refractivity contribution in [3.63, 3.8) is 0 Å². The Morgan fingerprint density at radius 2 is 1.70 bits per heavy atom. The van der Waals surface area contributed by atoms with E-state index in [1.54, 1.807) is 6.08 Å². The third kappa shape index (κ3) is 5.20. The van der Waals surface area contributed by atoms with Gasteiger partial charge in [0.15, 0.2) is 5.76 Å². The molecule has 1 atom stereocenters. The lowest BCUT2D eigenvalue weighted by molar-refractivity contribution is -0.422. The van der Waals surface area contributed by atoms with Gasteiger partial charge in [-0.3, -0.25) is 19.7 Å². The van der Waals surface area contributed by atoms with Crippen molar-refractivity contribution < 1.29 is 24.2 Å². The van der Waals surface area contributed by atoms with Crippen LogP contribution in [0.5, 0.6) is 0 Å². The van der Waals surface area contributed by atoms with Gasteiger partial charge in [0.05, 0.1) is 22.6 Å². The Balaban J connectivity index is 1.62. The summed E-state index contributed by atoms with van der Waals surface area (Å²) < 4.78 is 5.97. The van der Waals surface area contributed by atoms with E-state index >= 15 is 0 Å². The van der Waals surface area contributed by atoms with E-state index in [4.69, 9.17) is 4.74 Å². The zero-order valence-electron chi connectivity index (χ0n) is 17.4. The fourth-order valence-corrected chi connectivity index (χ4v) is 3.93. The minimum absolute atomic E-state index is 0.0569. The molecule has 0 spiro atoms. The first kappa shape index (κ1) is 21.9. The Morgan fingerprint density at radius 3 is 2.37 bits per heavy atom. The van der Waals surface area contributed by atoms with Crippen molar-refractivity contribution >= 4 is 17.3 Å². The fraction of sp³-hybridized carbons (Fsp3) is 0.522.